The van der Waals surface area contributed by atoms with Gasteiger partial charge in [0.1, 0.15) is 6.61 Å². The van der Waals surface area contributed by atoms with Crippen LogP contribution in [0.3, 0.4) is 0 Å². The van der Waals surface area contributed by atoms with E-state index in [0.29, 0.717) is 0 Å². The van der Waals surface area contributed by atoms with E-state index in [1.165, 1.54) is 77.0 Å². The predicted molar refractivity (Wildman–Crippen MR) is 125 cm³/mol. The Morgan fingerprint density at radius 1 is 0.759 bits per heavy atom. The van der Waals surface area contributed by atoms with Crippen LogP contribution in [-0.2, 0) is 9.53 Å². The molecule has 166 valence electrons. The van der Waals surface area contributed by atoms with E-state index >= 15 is 0 Å². The minimum absolute atomic E-state index is 0.0630. The van der Waals surface area contributed by atoms with E-state index in [9.17, 15) is 4.79 Å². The van der Waals surface area contributed by atoms with Gasteiger partial charge in [0.05, 0.1) is 6.10 Å². The summed E-state index contributed by atoms with van der Waals surface area (Å²) in [6, 6.07) is 9.58. The summed E-state index contributed by atoms with van der Waals surface area (Å²) in [4.78, 5) is 12.1. The summed E-state index contributed by atoms with van der Waals surface area (Å²) in [5, 5.41) is 2.89. The van der Waals surface area contributed by atoms with Crippen LogP contribution >= 0.6 is 0 Å². The zero-order chi connectivity index (χ0) is 21.0. The summed E-state index contributed by atoms with van der Waals surface area (Å²) >= 11 is 0. The SMILES string of the molecule is CCCCCCCCCCCCCCC(CCC)OCC(=O)Nc1ccccc1. The van der Waals surface area contributed by atoms with Crippen molar-refractivity contribution in [1.29, 1.82) is 0 Å². The molecule has 29 heavy (non-hydrogen) atoms. The first-order valence-corrected chi connectivity index (χ1v) is 12.2. The van der Waals surface area contributed by atoms with Gasteiger partial charge in [-0.25, -0.2) is 0 Å². The van der Waals surface area contributed by atoms with Gasteiger partial charge in [0, 0.05) is 5.69 Å². The number of carbonyl (C=O) groups excluding carboxylic acids is 1. The Morgan fingerprint density at radius 2 is 1.31 bits per heavy atom. The molecule has 1 amide bonds. The Kier molecular flexibility index (Phi) is 16.5. The van der Waals surface area contributed by atoms with E-state index in [1.54, 1.807) is 0 Å². The van der Waals surface area contributed by atoms with Gasteiger partial charge in [-0.15, -0.1) is 0 Å². The molecule has 0 fully saturated rings. The van der Waals surface area contributed by atoms with Gasteiger partial charge in [-0.2, -0.15) is 0 Å². The average molecular weight is 404 g/mol. The molecule has 1 N–H and O–H groups in total. The third-order valence-corrected chi connectivity index (χ3v) is 5.50. The highest BCUT2D eigenvalue weighted by molar-refractivity contribution is 5.91. The third kappa shape index (κ3) is 15.2. The van der Waals surface area contributed by atoms with E-state index in [4.69, 9.17) is 4.74 Å². The highest BCUT2D eigenvalue weighted by atomic mass is 16.5. The largest absolute Gasteiger partial charge is 0.368 e. The van der Waals surface area contributed by atoms with Crippen molar-refractivity contribution in [2.45, 2.75) is 116 Å². The molecule has 3 nitrogen and oxygen atoms in total. The lowest BCUT2D eigenvalue weighted by Crippen LogP contribution is -2.23. The van der Waals surface area contributed by atoms with Crippen LogP contribution in [0.1, 0.15) is 110 Å². The Bertz CT molecular complexity index is 489. The molecule has 0 heterocycles. The monoisotopic (exact) mass is 403 g/mol. The zero-order valence-corrected chi connectivity index (χ0v) is 19.1. The van der Waals surface area contributed by atoms with Gasteiger partial charge in [0.2, 0.25) is 5.91 Å². The van der Waals surface area contributed by atoms with E-state index < -0.39 is 0 Å². The Morgan fingerprint density at radius 3 is 1.86 bits per heavy atom. The first kappa shape index (κ1) is 25.7. The van der Waals surface area contributed by atoms with Crippen LogP contribution in [0, 0.1) is 0 Å². The molecule has 0 saturated carbocycles. The molecular weight excluding hydrogens is 358 g/mol. The standard InChI is InChI=1S/C26H45NO2/c1-3-5-6-7-8-9-10-11-12-13-14-18-22-25(19-4-2)29-23-26(28)27-24-20-16-15-17-21-24/h15-17,20-21,25H,3-14,18-19,22-23H2,1-2H3,(H,27,28). The molecule has 1 rings (SSSR count). The molecule has 1 atom stereocenters. The number of para-hydroxylation sites is 1. The number of carbonyl (C=O) groups is 1. The second-order valence-electron chi connectivity index (χ2n) is 8.31. The third-order valence-electron chi connectivity index (χ3n) is 5.50. The molecule has 3 heteroatoms. The van der Waals surface area contributed by atoms with Gasteiger partial charge < -0.3 is 10.1 Å². The highest BCUT2D eigenvalue weighted by Crippen LogP contribution is 2.16. The van der Waals surface area contributed by atoms with Crippen LogP contribution in [0.4, 0.5) is 5.69 Å². The Hall–Kier alpha value is -1.35. The van der Waals surface area contributed by atoms with Gasteiger partial charge in [-0.05, 0) is 25.0 Å². The van der Waals surface area contributed by atoms with Crippen LogP contribution in [0.25, 0.3) is 0 Å². The first-order valence-electron chi connectivity index (χ1n) is 12.2. The van der Waals surface area contributed by atoms with Gasteiger partial charge in [0.25, 0.3) is 0 Å². The van der Waals surface area contributed by atoms with E-state index in [2.05, 4.69) is 19.2 Å². The van der Waals surface area contributed by atoms with Crippen molar-refractivity contribution in [3.05, 3.63) is 30.3 Å². The number of amides is 1. The van der Waals surface area contributed by atoms with Crippen LogP contribution in [0.2, 0.25) is 0 Å². The topological polar surface area (TPSA) is 38.3 Å². The maximum absolute atomic E-state index is 12.1. The van der Waals surface area contributed by atoms with E-state index in [0.717, 1.165) is 24.9 Å². The number of ether oxygens (including phenoxy) is 1. The Labute approximate surface area is 180 Å². The van der Waals surface area contributed by atoms with Crippen molar-refractivity contribution in [2.24, 2.45) is 0 Å². The zero-order valence-electron chi connectivity index (χ0n) is 19.1. The normalized spacial score (nSPS) is 12.1. The number of hydrogen-bond acceptors (Lipinski definition) is 2. The summed E-state index contributed by atoms with van der Waals surface area (Å²) < 4.78 is 5.90. The summed E-state index contributed by atoms with van der Waals surface area (Å²) in [6.45, 7) is 4.61. The predicted octanol–water partition coefficient (Wildman–Crippen LogP) is 7.90. The van der Waals surface area contributed by atoms with Crippen molar-refractivity contribution < 1.29 is 9.53 Å². The number of nitrogens with one attached hydrogen (secondary N) is 1. The average Bonchev–Trinajstić information content (AvgIpc) is 2.73. The summed E-state index contributed by atoms with van der Waals surface area (Å²) in [6.07, 6.45) is 19.9. The number of hydrogen-bond donors (Lipinski definition) is 1. The lowest BCUT2D eigenvalue weighted by Gasteiger charge is -2.17. The molecule has 0 saturated heterocycles. The molecule has 1 unspecified atom stereocenters. The van der Waals surface area contributed by atoms with Gasteiger partial charge in [-0.1, -0.05) is 116 Å². The fourth-order valence-corrected chi connectivity index (χ4v) is 3.76. The van der Waals surface area contributed by atoms with Crippen LogP contribution in [-0.4, -0.2) is 18.6 Å². The number of rotatable bonds is 19. The summed E-state index contributed by atoms with van der Waals surface area (Å²) in [5.41, 5.74) is 0.828. The fraction of sp³-hybridized carbons (Fsp3) is 0.731. The molecule has 0 aliphatic carbocycles. The highest BCUT2D eigenvalue weighted by Gasteiger charge is 2.11. The number of benzene rings is 1. The van der Waals surface area contributed by atoms with Crippen molar-refractivity contribution in [1.82, 2.24) is 0 Å². The van der Waals surface area contributed by atoms with Crippen molar-refractivity contribution in [3.63, 3.8) is 0 Å². The molecule has 0 bridgehead atoms. The molecule has 0 aromatic heterocycles. The molecule has 0 radical (unpaired) electrons. The lowest BCUT2D eigenvalue weighted by atomic mass is 10.0. The summed E-state index contributed by atoms with van der Waals surface area (Å²) in [7, 11) is 0. The fourth-order valence-electron chi connectivity index (χ4n) is 3.76. The smallest absolute Gasteiger partial charge is 0.250 e. The molecule has 1 aromatic rings. The van der Waals surface area contributed by atoms with Crippen molar-refractivity contribution >= 4 is 11.6 Å². The van der Waals surface area contributed by atoms with Crippen LogP contribution in [0.15, 0.2) is 30.3 Å². The van der Waals surface area contributed by atoms with Gasteiger partial charge in [0.15, 0.2) is 0 Å². The van der Waals surface area contributed by atoms with Crippen LogP contribution < -0.4 is 5.32 Å². The Balaban J connectivity index is 2.01. The summed E-state index contributed by atoms with van der Waals surface area (Å²) in [5.74, 6) is -0.0630. The van der Waals surface area contributed by atoms with Gasteiger partial charge in [-0.3, -0.25) is 4.79 Å². The minimum atomic E-state index is -0.0630. The maximum atomic E-state index is 12.1. The van der Waals surface area contributed by atoms with Crippen LogP contribution in [0.5, 0.6) is 0 Å². The van der Waals surface area contributed by atoms with E-state index in [-0.39, 0.29) is 18.6 Å². The minimum Gasteiger partial charge on any atom is -0.368 e. The van der Waals surface area contributed by atoms with Crippen molar-refractivity contribution in [3.8, 4) is 0 Å². The van der Waals surface area contributed by atoms with Crippen molar-refractivity contribution in [2.75, 3.05) is 11.9 Å². The van der Waals surface area contributed by atoms with Gasteiger partial charge >= 0.3 is 0 Å². The second-order valence-corrected chi connectivity index (χ2v) is 8.31. The molecule has 0 aliphatic rings. The number of unbranched alkanes of at least 4 members (excludes halogenated alkanes) is 11. The first-order chi connectivity index (χ1) is 14.3. The maximum Gasteiger partial charge on any atom is 0.250 e. The molecule has 0 spiro atoms. The lowest BCUT2D eigenvalue weighted by molar-refractivity contribution is -0.122. The molecule has 1 aromatic carbocycles. The van der Waals surface area contributed by atoms with E-state index in [1.807, 2.05) is 30.3 Å². The molecule has 0 aliphatic heterocycles. The quantitative estimate of drug-likeness (QED) is 0.238. The second kappa shape index (κ2) is 18.7. The number of anilines is 1. The molecular formula is C26H45NO2.